The van der Waals surface area contributed by atoms with E-state index in [0.29, 0.717) is 0 Å². The first kappa shape index (κ1) is 26.3. The van der Waals surface area contributed by atoms with Gasteiger partial charge in [-0.15, -0.1) is 11.3 Å². The number of hydrogen-bond acceptors (Lipinski definition) is 3. The van der Waals surface area contributed by atoms with Crippen LogP contribution in [0.3, 0.4) is 0 Å². The van der Waals surface area contributed by atoms with Gasteiger partial charge in [0.1, 0.15) is 5.58 Å². The Labute approximate surface area is 275 Å². The average Bonchev–Trinajstić information content (AvgIpc) is 3.73. The molecule has 10 rings (SSSR count). The molecule has 0 unspecified atom stereocenters. The molecular weight excluding hydrogens is 591 g/mol. The third kappa shape index (κ3) is 3.90. The molecule has 0 aliphatic carbocycles. The van der Waals surface area contributed by atoms with Gasteiger partial charge in [0.05, 0.1) is 16.1 Å². The second kappa shape index (κ2) is 10.3. The molecule has 0 aliphatic heterocycles. The van der Waals surface area contributed by atoms with Crippen LogP contribution in [-0.2, 0) is 0 Å². The molecule has 0 amide bonds. The third-order valence-corrected chi connectivity index (χ3v) is 10.6. The fourth-order valence-corrected chi connectivity index (χ4v) is 8.61. The Morgan fingerprint density at radius 1 is 0.426 bits per heavy atom. The van der Waals surface area contributed by atoms with Gasteiger partial charge in [0.2, 0.25) is 0 Å². The van der Waals surface area contributed by atoms with Crippen molar-refractivity contribution in [2.45, 2.75) is 0 Å². The molecule has 2 aromatic heterocycles. The van der Waals surface area contributed by atoms with Crippen LogP contribution in [0.4, 0.5) is 17.1 Å². The van der Waals surface area contributed by atoms with Crippen molar-refractivity contribution >= 4 is 92.1 Å². The number of rotatable bonds is 4. The number of furan rings is 1. The number of thiophene rings is 1. The predicted octanol–water partition coefficient (Wildman–Crippen LogP) is 13.4. The number of fused-ring (bicyclic) bond motifs is 11. The van der Waals surface area contributed by atoms with Gasteiger partial charge in [-0.05, 0) is 52.1 Å². The molecule has 0 N–H and O–H groups in total. The van der Waals surface area contributed by atoms with Crippen molar-refractivity contribution in [3.05, 3.63) is 164 Å². The minimum atomic E-state index is 0.879. The van der Waals surface area contributed by atoms with Gasteiger partial charge in [0, 0.05) is 42.9 Å². The summed E-state index contributed by atoms with van der Waals surface area (Å²) in [5, 5.41) is 9.59. The molecule has 0 radical (unpaired) electrons. The molecular formula is C44H27NOS. The van der Waals surface area contributed by atoms with Crippen LogP contribution in [0.25, 0.3) is 74.8 Å². The van der Waals surface area contributed by atoms with Crippen LogP contribution in [0.5, 0.6) is 0 Å². The van der Waals surface area contributed by atoms with Crippen LogP contribution >= 0.6 is 11.3 Å². The van der Waals surface area contributed by atoms with Crippen LogP contribution in [0.1, 0.15) is 0 Å². The van der Waals surface area contributed by atoms with E-state index in [9.17, 15) is 0 Å². The lowest BCUT2D eigenvalue weighted by molar-refractivity contribution is 0.673. The van der Waals surface area contributed by atoms with Gasteiger partial charge in [-0.3, -0.25) is 0 Å². The van der Waals surface area contributed by atoms with E-state index < -0.39 is 0 Å². The Morgan fingerprint density at radius 2 is 1.04 bits per heavy atom. The lowest BCUT2D eigenvalue weighted by atomic mass is 9.95. The van der Waals surface area contributed by atoms with Gasteiger partial charge >= 0.3 is 0 Å². The quantitative estimate of drug-likeness (QED) is 0.183. The average molecular weight is 618 g/mol. The predicted molar refractivity (Wildman–Crippen MR) is 202 cm³/mol. The summed E-state index contributed by atoms with van der Waals surface area (Å²) >= 11 is 1.85. The van der Waals surface area contributed by atoms with E-state index in [1.807, 2.05) is 11.3 Å². The van der Waals surface area contributed by atoms with E-state index in [2.05, 4.69) is 169 Å². The van der Waals surface area contributed by atoms with Crippen molar-refractivity contribution in [1.82, 2.24) is 0 Å². The summed E-state index contributed by atoms with van der Waals surface area (Å²) in [5.41, 5.74) is 7.32. The normalized spacial score (nSPS) is 11.8. The molecule has 0 bridgehead atoms. The standard InChI is InChI=1S/C44H27NOS/c1-3-14-28(15-4-1)30-26-27-37-40-34-21-9-7-18-31(34)32-19-8-10-22-35(32)42(40)46-43(37)41(30)45(29-16-5-2-6-17-29)38-24-13-23-36-33-20-11-12-25-39(33)47-44(36)38/h1-27H. The van der Waals surface area contributed by atoms with Gasteiger partial charge < -0.3 is 9.32 Å². The zero-order valence-corrected chi connectivity index (χ0v) is 26.2. The lowest BCUT2D eigenvalue weighted by Gasteiger charge is -2.28. The highest BCUT2D eigenvalue weighted by molar-refractivity contribution is 7.26. The van der Waals surface area contributed by atoms with Gasteiger partial charge in [-0.25, -0.2) is 0 Å². The molecule has 10 aromatic rings. The Kier molecular flexibility index (Phi) is 5.78. The number of benzene rings is 8. The highest BCUT2D eigenvalue weighted by Crippen LogP contribution is 2.52. The van der Waals surface area contributed by atoms with E-state index >= 15 is 0 Å². The van der Waals surface area contributed by atoms with Gasteiger partial charge in [0.15, 0.2) is 5.58 Å². The highest BCUT2D eigenvalue weighted by Gasteiger charge is 2.27. The van der Waals surface area contributed by atoms with Crippen molar-refractivity contribution < 1.29 is 4.42 Å². The van der Waals surface area contributed by atoms with Crippen molar-refractivity contribution in [2.24, 2.45) is 0 Å². The summed E-state index contributed by atoms with van der Waals surface area (Å²) in [7, 11) is 0. The summed E-state index contributed by atoms with van der Waals surface area (Å²) in [5.74, 6) is 0. The van der Waals surface area contributed by atoms with Gasteiger partial charge in [-0.1, -0.05) is 133 Å². The molecule has 2 nitrogen and oxygen atoms in total. The first-order valence-electron chi connectivity index (χ1n) is 15.9. The molecule has 8 aromatic carbocycles. The maximum Gasteiger partial charge on any atom is 0.160 e. The molecule has 0 saturated carbocycles. The van der Waals surface area contributed by atoms with E-state index in [1.54, 1.807) is 0 Å². The van der Waals surface area contributed by atoms with Gasteiger partial charge in [0.25, 0.3) is 0 Å². The summed E-state index contributed by atoms with van der Waals surface area (Å²) in [6, 6.07) is 58.7. The zero-order valence-electron chi connectivity index (χ0n) is 25.4. The van der Waals surface area contributed by atoms with E-state index in [4.69, 9.17) is 4.42 Å². The number of hydrogen-bond donors (Lipinski definition) is 0. The van der Waals surface area contributed by atoms with Crippen LogP contribution < -0.4 is 4.90 Å². The number of para-hydroxylation sites is 1. The van der Waals surface area contributed by atoms with E-state index in [1.165, 1.54) is 36.3 Å². The zero-order chi connectivity index (χ0) is 30.9. The second-order valence-corrected chi connectivity index (χ2v) is 13.1. The van der Waals surface area contributed by atoms with Crippen LogP contribution in [0.15, 0.2) is 168 Å². The smallest absolute Gasteiger partial charge is 0.160 e. The fraction of sp³-hybridized carbons (Fsp3) is 0. The summed E-state index contributed by atoms with van der Waals surface area (Å²) in [6.07, 6.45) is 0. The molecule has 220 valence electrons. The molecule has 3 heteroatoms. The summed E-state index contributed by atoms with van der Waals surface area (Å²) < 4.78 is 9.76. The summed E-state index contributed by atoms with van der Waals surface area (Å²) in [6.45, 7) is 0. The van der Waals surface area contributed by atoms with Gasteiger partial charge in [-0.2, -0.15) is 0 Å². The largest absolute Gasteiger partial charge is 0.453 e. The maximum absolute atomic E-state index is 7.22. The first-order valence-corrected chi connectivity index (χ1v) is 16.8. The minimum Gasteiger partial charge on any atom is -0.453 e. The van der Waals surface area contributed by atoms with Crippen molar-refractivity contribution in [3.8, 4) is 11.1 Å². The molecule has 0 aliphatic rings. The number of nitrogens with zero attached hydrogens (tertiary/aromatic N) is 1. The van der Waals surface area contributed by atoms with Crippen molar-refractivity contribution in [2.75, 3.05) is 4.90 Å². The van der Waals surface area contributed by atoms with Crippen LogP contribution in [0.2, 0.25) is 0 Å². The Morgan fingerprint density at radius 3 is 1.83 bits per heavy atom. The molecule has 0 saturated heterocycles. The Balaban J connectivity index is 1.41. The summed E-state index contributed by atoms with van der Waals surface area (Å²) in [4.78, 5) is 2.43. The lowest BCUT2D eigenvalue weighted by Crippen LogP contribution is -2.11. The fourth-order valence-electron chi connectivity index (χ4n) is 7.40. The molecule has 0 fully saturated rings. The minimum absolute atomic E-state index is 0.879. The topological polar surface area (TPSA) is 16.4 Å². The molecule has 2 heterocycles. The Hall–Kier alpha value is -5.90. The monoisotopic (exact) mass is 617 g/mol. The van der Waals surface area contributed by atoms with Crippen LogP contribution in [0, 0.1) is 0 Å². The molecule has 0 spiro atoms. The first-order chi connectivity index (χ1) is 23.3. The third-order valence-electron chi connectivity index (χ3n) is 9.44. The second-order valence-electron chi connectivity index (χ2n) is 12.0. The number of anilines is 3. The Bertz CT molecular complexity index is 2790. The van der Waals surface area contributed by atoms with Crippen LogP contribution in [-0.4, -0.2) is 0 Å². The molecule has 0 atom stereocenters. The maximum atomic E-state index is 7.22. The van der Waals surface area contributed by atoms with Crippen molar-refractivity contribution in [1.29, 1.82) is 0 Å². The SMILES string of the molecule is c1ccc(-c2ccc3c(oc4c5ccccc5c5ccccc5c34)c2N(c2ccccc2)c2cccc3c2sc2ccccc23)cc1. The van der Waals surface area contributed by atoms with E-state index in [-0.39, 0.29) is 0 Å². The highest BCUT2D eigenvalue weighted by atomic mass is 32.1. The van der Waals surface area contributed by atoms with Crippen molar-refractivity contribution in [3.63, 3.8) is 0 Å². The van der Waals surface area contributed by atoms with E-state index in [0.717, 1.165) is 55.5 Å². The molecule has 47 heavy (non-hydrogen) atoms.